The molecule has 122 valence electrons. The van der Waals surface area contributed by atoms with E-state index in [2.05, 4.69) is 0 Å². The number of aliphatic carboxylic acids is 1. The van der Waals surface area contributed by atoms with E-state index in [1.807, 2.05) is 0 Å². The lowest BCUT2D eigenvalue weighted by molar-refractivity contribution is -0.157. The zero-order valence-corrected chi connectivity index (χ0v) is 12.5. The fourth-order valence-corrected chi connectivity index (χ4v) is 1.86. The first-order valence-electron chi connectivity index (χ1n) is 5.68. The molecule has 10 heteroatoms. The fraction of sp³-hybridized carbons (Fsp3) is 0.333. The molecule has 1 rings (SSSR count). The normalized spacial score (nSPS) is 12.6. The van der Waals surface area contributed by atoms with Crippen LogP contribution in [0.3, 0.4) is 0 Å². The third-order valence-corrected chi connectivity index (χ3v) is 3.25. The highest BCUT2D eigenvalue weighted by Gasteiger charge is 2.36. The van der Waals surface area contributed by atoms with Gasteiger partial charge in [0, 0.05) is 6.07 Å². The van der Waals surface area contributed by atoms with Crippen LogP contribution in [-0.2, 0) is 4.79 Å². The van der Waals surface area contributed by atoms with Crippen LogP contribution in [0.4, 0.5) is 13.2 Å². The van der Waals surface area contributed by atoms with Gasteiger partial charge in [0.2, 0.25) is 0 Å². The Hall–Kier alpha value is -1.67. The summed E-state index contributed by atoms with van der Waals surface area (Å²) in [4.78, 5) is 22.8. The second-order valence-electron chi connectivity index (χ2n) is 4.15. The number of amides is 1. The number of hydrogen-bond acceptors (Lipinski definition) is 3. The lowest BCUT2D eigenvalue weighted by Crippen LogP contribution is -2.43. The van der Waals surface area contributed by atoms with Gasteiger partial charge in [0.05, 0.1) is 29.1 Å². The molecule has 0 aromatic heterocycles. The van der Waals surface area contributed by atoms with Crippen molar-refractivity contribution in [2.24, 2.45) is 0 Å². The smallest absolute Gasteiger partial charge is 0.391 e. The summed E-state index contributed by atoms with van der Waals surface area (Å²) in [6.07, 6.45) is -6.46. The first-order valence-corrected chi connectivity index (χ1v) is 6.44. The predicted molar refractivity (Wildman–Crippen MR) is 72.6 cm³/mol. The maximum absolute atomic E-state index is 12.3. The Morgan fingerprint density at radius 2 is 1.86 bits per heavy atom. The van der Waals surface area contributed by atoms with Crippen LogP contribution in [0.15, 0.2) is 12.1 Å². The van der Waals surface area contributed by atoms with Gasteiger partial charge in [0.15, 0.2) is 0 Å². The van der Waals surface area contributed by atoms with Crippen LogP contribution in [0.25, 0.3) is 0 Å². The summed E-state index contributed by atoms with van der Waals surface area (Å²) in [7, 11) is 1.21. The first kappa shape index (κ1) is 18.4. The summed E-state index contributed by atoms with van der Waals surface area (Å²) in [5.74, 6) is -2.94. The molecule has 0 spiro atoms. The Bertz CT molecular complexity index is 592. The predicted octanol–water partition coefficient (Wildman–Crippen LogP) is 3.14. The average Bonchev–Trinajstić information content (AvgIpc) is 2.38. The molecule has 0 fully saturated rings. The highest BCUT2D eigenvalue weighted by molar-refractivity contribution is 6.42. The zero-order chi connectivity index (χ0) is 17.1. The van der Waals surface area contributed by atoms with Gasteiger partial charge in [-0.15, -0.1) is 0 Å². The molecular formula is C12H10Cl2F3NO4. The van der Waals surface area contributed by atoms with Gasteiger partial charge >= 0.3 is 12.1 Å². The van der Waals surface area contributed by atoms with Crippen LogP contribution in [0.2, 0.25) is 10.0 Å². The average molecular weight is 360 g/mol. The topological polar surface area (TPSA) is 75.6 Å². The number of hydrogen-bond donors (Lipinski definition) is 2. The Morgan fingerprint density at radius 1 is 1.32 bits per heavy atom. The van der Waals surface area contributed by atoms with E-state index in [1.165, 1.54) is 13.2 Å². The standard InChI is InChI=1S/C12H10Cl2F3NO4/c1-22-9-3-7(14)6(13)2-5(9)10(19)18-8(11(20)21)4-12(15,16)17/h2-3,8H,4H2,1H3,(H,18,19)(H,20,21). The number of benzene rings is 1. The maximum atomic E-state index is 12.3. The molecule has 2 N–H and O–H groups in total. The molecule has 0 heterocycles. The molecule has 0 radical (unpaired) electrons. The summed E-state index contributed by atoms with van der Waals surface area (Å²) in [6.45, 7) is 0. The second-order valence-corrected chi connectivity index (χ2v) is 4.96. The van der Waals surface area contributed by atoms with E-state index in [9.17, 15) is 22.8 Å². The van der Waals surface area contributed by atoms with E-state index in [1.54, 1.807) is 5.32 Å². The SMILES string of the molecule is COc1cc(Cl)c(Cl)cc1C(=O)NC(CC(F)(F)F)C(=O)O. The molecule has 1 aromatic carbocycles. The first-order chi connectivity index (χ1) is 10.0. The van der Waals surface area contributed by atoms with Gasteiger partial charge in [-0.3, -0.25) is 4.79 Å². The molecule has 0 bridgehead atoms. The fourth-order valence-electron chi connectivity index (χ4n) is 1.54. The molecule has 0 aliphatic rings. The summed E-state index contributed by atoms with van der Waals surface area (Å²) in [5, 5.41) is 10.6. The van der Waals surface area contributed by atoms with E-state index < -0.39 is 30.5 Å². The van der Waals surface area contributed by atoms with E-state index in [-0.39, 0.29) is 21.4 Å². The third-order valence-electron chi connectivity index (χ3n) is 2.53. The maximum Gasteiger partial charge on any atom is 0.391 e. The Balaban J connectivity index is 3.05. The molecule has 0 aliphatic heterocycles. The van der Waals surface area contributed by atoms with E-state index >= 15 is 0 Å². The van der Waals surface area contributed by atoms with E-state index in [0.717, 1.165) is 6.07 Å². The third kappa shape index (κ3) is 4.96. The van der Waals surface area contributed by atoms with Crippen molar-refractivity contribution in [1.29, 1.82) is 0 Å². The molecule has 22 heavy (non-hydrogen) atoms. The van der Waals surface area contributed by atoms with Gasteiger partial charge in [-0.05, 0) is 6.07 Å². The van der Waals surface area contributed by atoms with Crippen molar-refractivity contribution < 1.29 is 32.6 Å². The van der Waals surface area contributed by atoms with Gasteiger partial charge in [-0.2, -0.15) is 13.2 Å². The number of methoxy groups -OCH3 is 1. The van der Waals surface area contributed by atoms with Crippen molar-refractivity contribution in [3.63, 3.8) is 0 Å². The van der Waals surface area contributed by atoms with Crippen molar-refractivity contribution in [3.8, 4) is 5.75 Å². The molecule has 1 aromatic rings. The number of carbonyl (C=O) groups excluding carboxylic acids is 1. The van der Waals surface area contributed by atoms with Crippen molar-refractivity contribution in [2.45, 2.75) is 18.6 Å². The summed E-state index contributed by atoms with van der Waals surface area (Å²) < 4.78 is 41.8. The molecule has 0 saturated carbocycles. The van der Waals surface area contributed by atoms with E-state index in [4.69, 9.17) is 33.0 Å². The van der Waals surface area contributed by atoms with Gasteiger partial charge < -0.3 is 15.2 Å². The Morgan fingerprint density at radius 3 is 2.32 bits per heavy atom. The molecule has 5 nitrogen and oxygen atoms in total. The lowest BCUT2D eigenvalue weighted by Gasteiger charge is -2.17. The Labute approximate surface area is 133 Å². The summed E-state index contributed by atoms with van der Waals surface area (Å²) in [6, 6.07) is 0.134. The van der Waals surface area contributed by atoms with Crippen LogP contribution in [-0.4, -0.2) is 36.3 Å². The molecule has 0 saturated heterocycles. The molecule has 1 amide bonds. The number of alkyl halides is 3. The van der Waals surface area contributed by atoms with Gasteiger partial charge in [0.1, 0.15) is 11.8 Å². The summed E-state index contributed by atoms with van der Waals surface area (Å²) >= 11 is 11.5. The number of halogens is 5. The number of carboxylic acids is 1. The highest BCUT2D eigenvalue weighted by Crippen LogP contribution is 2.31. The largest absolute Gasteiger partial charge is 0.496 e. The zero-order valence-electron chi connectivity index (χ0n) is 11.0. The van der Waals surface area contributed by atoms with Crippen LogP contribution >= 0.6 is 23.2 Å². The lowest BCUT2D eigenvalue weighted by atomic mass is 10.1. The number of carbonyl (C=O) groups is 2. The minimum Gasteiger partial charge on any atom is -0.496 e. The van der Waals surface area contributed by atoms with Crippen molar-refractivity contribution >= 4 is 35.1 Å². The van der Waals surface area contributed by atoms with Gasteiger partial charge in [-0.1, -0.05) is 23.2 Å². The van der Waals surface area contributed by atoms with Gasteiger partial charge in [-0.25, -0.2) is 4.79 Å². The van der Waals surface area contributed by atoms with Crippen molar-refractivity contribution in [1.82, 2.24) is 5.32 Å². The van der Waals surface area contributed by atoms with E-state index in [0.29, 0.717) is 0 Å². The molecule has 1 atom stereocenters. The highest BCUT2D eigenvalue weighted by atomic mass is 35.5. The second kappa shape index (κ2) is 7.06. The minimum atomic E-state index is -4.75. The molecule has 1 unspecified atom stereocenters. The van der Waals surface area contributed by atoms with Crippen LogP contribution in [0.5, 0.6) is 5.75 Å². The van der Waals surface area contributed by atoms with Crippen LogP contribution < -0.4 is 10.1 Å². The number of rotatable bonds is 5. The summed E-state index contributed by atoms with van der Waals surface area (Å²) in [5.41, 5.74) is -0.231. The van der Waals surface area contributed by atoms with Gasteiger partial charge in [0.25, 0.3) is 5.91 Å². The van der Waals surface area contributed by atoms with Crippen LogP contribution in [0.1, 0.15) is 16.8 Å². The van der Waals surface area contributed by atoms with Crippen LogP contribution in [0, 0.1) is 0 Å². The monoisotopic (exact) mass is 359 g/mol. The van der Waals surface area contributed by atoms with Crippen molar-refractivity contribution in [3.05, 3.63) is 27.7 Å². The Kier molecular flexibility index (Phi) is 5.90. The quantitative estimate of drug-likeness (QED) is 0.846. The number of nitrogens with one attached hydrogen (secondary N) is 1. The number of ether oxygens (including phenoxy) is 1. The number of carboxylic acid groups (broad SMARTS) is 1. The van der Waals surface area contributed by atoms with Crippen molar-refractivity contribution in [2.75, 3.05) is 7.11 Å². The molecule has 0 aliphatic carbocycles. The minimum absolute atomic E-state index is 0.0321. The molecular weight excluding hydrogens is 350 g/mol.